The summed E-state index contributed by atoms with van der Waals surface area (Å²) in [6, 6.07) is 11.6. The Morgan fingerprint density at radius 1 is 1.13 bits per heavy atom. The Labute approximate surface area is 180 Å². The lowest BCUT2D eigenvalue weighted by molar-refractivity contribution is -0.131. The average molecular weight is 423 g/mol. The van der Waals surface area contributed by atoms with E-state index in [1.54, 1.807) is 14.2 Å². The lowest BCUT2D eigenvalue weighted by atomic mass is 10.1. The highest BCUT2D eigenvalue weighted by Gasteiger charge is 2.39. The van der Waals surface area contributed by atoms with Crippen LogP contribution in [0.2, 0.25) is 0 Å². The van der Waals surface area contributed by atoms with Crippen molar-refractivity contribution < 1.29 is 23.9 Å². The molecule has 0 bridgehead atoms. The molecule has 8 nitrogen and oxygen atoms in total. The maximum absolute atomic E-state index is 12.7. The van der Waals surface area contributed by atoms with Crippen LogP contribution < -0.4 is 20.1 Å². The monoisotopic (exact) mass is 423 g/mol. The summed E-state index contributed by atoms with van der Waals surface area (Å²) in [4.78, 5) is 38.8. The fourth-order valence-corrected chi connectivity index (χ4v) is 4.15. The van der Waals surface area contributed by atoms with Gasteiger partial charge in [-0.1, -0.05) is 30.3 Å². The van der Waals surface area contributed by atoms with Gasteiger partial charge in [-0.2, -0.15) is 0 Å². The van der Waals surface area contributed by atoms with E-state index >= 15 is 0 Å². The first-order valence-electron chi connectivity index (χ1n) is 10.2. The van der Waals surface area contributed by atoms with Crippen molar-refractivity contribution in [3.05, 3.63) is 59.2 Å². The third-order valence-electron chi connectivity index (χ3n) is 5.74. The SMILES string of the molecule is COc1cc2c(cc1OC)[C@H](NC(=O)C[C@@H]1NC(=O)N(Cc3ccccc3)C1=O)CC2. The number of hydrogen-bond donors (Lipinski definition) is 2. The second-order valence-electron chi connectivity index (χ2n) is 7.68. The number of ether oxygens (including phenoxy) is 2. The van der Waals surface area contributed by atoms with E-state index in [9.17, 15) is 14.4 Å². The normalized spacial score (nSPS) is 19.7. The van der Waals surface area contributed by atoms with Crippen molar-refractivity contribution >= 4 is 17.8 Å². The molecule has 0 radical (unpaired) electrons. The molecule has 0 saturated carbocycles. The van der Waals surface area contributed by atoms with Crippen molar-refractivity contribution in [1.82, 2.24) is 15.5 Å². The topological polar surface area (TPSA) is 97.0 Å². The Bertz CT molecular complexity index is 1010. The van der Waals surface area contributed by atoms with Crippen LogP contribution in [0.4, 0.5) is 4.79 Å². The van der Waals surface area contributed by atoms with E-state index in [1.807, 2.05) is 42.5 Å². The third kappa shape index (κ3) is 4.19. The van der Waals surface area contributed by atoms with Gasteiger partial charge in [0.1, 0.15) is 6.04 Å². The number of benzene rings is 2. The van der Waals surface area contributed by atoms with Gasteiger partial charge < -0.3 is 20.1 Å². The molecule has 2 atom stereocenters. The number of nitrogens with zero attached hydrogens (tertiary/aromatic N) is 1. The second-order valence-corrected chi connectivity index (χ2v) is 7.68. The lowest BCUT2D eigenvalue weighted by Gasteiger charge is -2.17. The molecule has 1 saturated heterocycles. The van der Waals surface area contributed by atoms with Crippen molar-refractivity contribution in [2.45, 2.75) is 37.9 Å². The molecule has 8 heteroatoms. The maximum Gasteiger partial charge on any atom is 0.325 e. The van der Waals surface area contributed by atoms with Crippen LogP contribution in [0.25, 0.3) is 0 Å². The molecule has 2 aromatic rings. The second kappa shape index (κ2) is 8.67. The molecule has 1 aliphatic heterocycles. The fraction of sp³-hybridized carbons (Fsp3) is 0.348. The van der Waals surface area contributed by atoms with Crippen LogP contribution in [0.5, 0.6) is 11.5 Å². The van der Waals surface area contributed by atoms with Crippen molar-refractivity contribution in [2.24, 2.45) is 0 Å². The number of carbonyl (C=O) groups excluding carboxylic acids is 3. The predicted octanol–water partition coefficient (Wildman–Crippen LogP) is 2.32. The molecular weight excluding hydrogens is 398 g/mol. The lowest BCUT2D eigenvalue weighted by Crippen LogP contribution is -2.37. The van der Waals surface area contributed by atoms with Gasteiger partial charge in [-0.25, -0.2) is 4.79 Å². The zero-order valence-electron chi connectivity index (χ0n) is 17.5. The zero-order valence-corrected chi connectivity index (χ0v) is 17.5. The van der Waals surface area contributed by atoms with Crippen molar-refractivity contribution in [3.63, 3.8) is 0 Å². The molecule has 1 aliphatic carbocycles. The molecule has 2 N–H and O–H groups in total. The highest BCUT2D eigenvalue weighted by molar-refractivity contribution is 6.05. The average Bonchev–Trinajstić information content (AvgIpc) is 3.28. The molecule has 1 heterocycles. The van der Waals surface area contributed by atoms with Crippen LogP contribution in [-0.2, 0) is 22.6 Å². The van der Waals surface area contributed by atoms with Gasteiger partial charge in [0.25, 0.3) is 5.91 Å². The number of carbonyl (C=O) groups is 3. The van der Waals surface area contributed by atoms with Crippen molar-refractivity contribution in [1.29, 1.82) is 0 Å². The number of amides is 4. The van der Waals surface area contributed by atoms with E-state index in [2.05, 4.69) is 10.6 Å². The fourth-order valence-electron chi connectivity index (χ4n) is 4.15. The van der Waals surface area contributed by atoms with Crippen LogP contribution in [0, 0.1) is 0 Å². The Balaban J connectivity index is 1.39. The van der Waals surface area contributed by atoms with Crippen LogP contribution in [0.3, 0.4) is 0 Å². The Morgan fingerprint density at radius 2 is 1.84 bits per heavy atom. The van der Waals surface area contributed by atoms with Crippen LogP contribution in [0.1, 0.15) is 35.6 Å². The van der Waals surface area contributed by atoms with Gasteiger partial charge in [-0.15, -0.1) is 0 Å². The number of imide groups is 1. The van der Waals surface area contributed by atoms with Gasteiger partial charge in [0, 0.05) is 0 Å². The van der Waals surface area contributed by atoms with Crippen LogP contribution in [0.15, 0.2) is 42.5 Å². The number of nitrogens with one attached hydrogen (secondary N) is 2. The molecule has 2 aromatic carbocycles. The van der Waals surface area contributed by atoms with Gasteiger partial charge in [0.05, 0.1) is 33.2 Å². The number of urea groups is 1. The standard InChI is InChI=1S/C23H25N3O5/c1-30-19-10-15-8-9-17(16(15)11-20(19)31-2)24-21(27)12-18-22(28)26(23(29)25-18)13-14-6-4-3-5-7-14/h3-7,10-11,17-18H,8-9,12-13H2,1-2H3,(H,24,27)(H,25,29)/t17-,18+/m1/s1. The van der Waals surface area contributed by atoms with E-state index in [4.69, 9.17) is 9.47 Å². The van der Waals surface area contributed by atoms with Crippen LogP contribution in [-0.4, -0.2) is 43.0 Å². The first-order chi connectivity index (χ1) is 15.0. The molecule has 31 heavy (non-hydrogen) atoms. The van der Waals surface area contributed by atoms with Gasteiger partial charge in [0.15, 0.2) is 11.5 Å². The number of aryl methyl sites for hydroxylation is 1. The summed E-state index contributed by atoms with van der Waals surface area (Å²) in [5.74, 6) is 0.596. The van der Waals surface area contributed by atoms with E-state index in [-0.39, 0.29) is 30.8 Å². The summed E-state index contributed by atoms with van der Waals surface area (Å²) < 4.78 is 10.7. The first-order valence-corrected chi connectivity index (χ1v) is 10.2. The van der Waals surface area contributed by atoms with Crippen molar-refractivity contribution in [2.75, 3.05) is 14.2 Å². The highest BCUT2D eigenvalue weighted by atomic mass is 16.5. The van der Waals surface area contributed by atoms with E-state index < -0.39 is 12.1 Å². The van der Waals surface area contributed by atoms with E-state index in [0.29, 0.717) is 11.5 Å². The molecular formula is C23H25N3O5. The molecule has 4 rings (SSSR count). The Morgan fingerprint density at radius 3 is 2.55 bits per heavy atom. The van der Waals surface area contributed by atoms with Gasteiger partial charge in [-0.3, -0.25) is 14.5 Å². The Hall–Kier alpha value is -3.55. The molecule has 0 spiro atoms. The Kier molecular flexibility index (Phi) is 5.79. The van der Waals surface area contributed by atoms with Crippen LogP contribution >= 0.6 is 0 Å². The predicted molar refractivity (Wildman–Crippen MR) is 113 cm³/mol. The zero-order chi connectivity index (χ0) is 22.0. The van der Waals surface area contributed by atoms with Gasteiger partial charge >= 0.3 is 6.03 Å². The number of rotatable bonds is 7. The minimum atomic E-state index is -0.859. The summed E-state index contributed by atoms with van der Waals surface area (Å²) in [5, 5.41) is 5.62. The smallest absolute Gasteiger partial charge is 0.325 e. The molecule has 0 unspecified atom stereocenters. The van der Waals surface area contributed by atoms with Crippen molar-refractivity contribution in [3.8, 4) is 11.5 Å². The molecule has 2 aliphatic rings. The number of hydrogen-bond acceptors (Lipinski definition) is 5. The summed E-state index contributed by atoms with van der Waals surface area (Å²) in [5.41, 5.74) is 2.93. The summed E-state index contributed by atoms with van der Waals surface area (Å²) in [6.07, 6.45) is 1.46. The largest absolute Gasteiger partial charge is 0.493 e. The first kappa shape index (κ1) is 20.7. The van der Waals surface area contributed by atoms with E-state index in [0.717, 1.165) is 34.4 Å². The molecule has 4 amide bonds. The molecule has 1 fully saturated rings. The summed E-state index contributed by atoms with van der Waals surface area (Å²) in [6.45, 7) is 0.182. The highest BCUT2D eigenvalue weighted by Crippen LogP contribution is 2.39. The minimum absolute atomic E-state index is 0.102. The minimum Gasteiger partial charge on any atom is -0.493 e. The summed E-state index contributed by atoms with van der Waals surface area (Å²) in [7, 11) is 3.16. The van der Waals surface area contributed by atoms with Gasteiger partial charge in [-0.05, 0) is 41.7 Å². The molecule has 0 aromatic heterocycles. The van der Waals surface area contributed by atoms with E-state index in [1.165, 1.54) is 0 Å². The summed E-state index contributed by atoms with van der Waals surface area (Å²) >= 11 is 0. The molecule has 162 valence electrons. The van der Waals surface area contributed by atoms with Gasteiger partial charge in [0.2, 0.25) is 5.91 Å². The number of fused-ring (bicyclic) bond motifs is 1. The number of methoxy groups -OCH3 is 2. The third-order valence-corrected chi connectivity index (χ3v) is 5.74. The maximum atomic E-state index is 12.7. The quantitative estimate of drug-likeness (QED) is 0.667.